The fourth-order valence-corrected chi connectivity index (χ4v) is 4.37. The van der Waals surface area contributed by atoms with Crippen molar-refractivity contribution >= 4 is 22.8 Å². The number of anilines is 1. The number of aliphatic hydroxyl groups is 1. The average Bonchev–Trinajstić information content (AvgIpc) is 3.41. The Labute approximate surface area is 186 Å². The topological polar surface area (TPSA) is 116 Å². The standard InChI is InChI=1S/C21H21F3N6O3/c22-10-1-2-13(24)12(5-10)15-6-11(23)7-30(15)21(32)18-17-19(25-9-26-20(17)29-28-18)27-14-8-33-4-3-16(14)31/h1-2,5,9,11,14-16,31H,3-4,6-8H2,(H2,25,26,27,28,29)/t11-,14+,15+,16+/m0/s1. The maximum atomic E-state index is 14.4. The van der Waals surface area contributed by atoms with Crippen LogP contribution in [0.25, 0.3) is 11.0 Å². The first kappa shape index (κ1) is 21.6. The highest BCUT2D eigenvalue weighted by Gasteiger charge is 2.40. The van der Waals surface area contributed by atoms with Gasteiger partial charge in [-0.15, -0.1) is 0 Å². The molecule has 9 nitrogen and oxygen atoms in total. The number of H-pyrrole nitrogens is 1. The Morgan fingerprint density at radius 2 is 2.15 bits per heavy atom. The van der Waals surface area contributed by atoms with E-state index in [4.69, 9.17) is 4.74 Å². The van der Waals surface area contributed by atoms with Gasteiger partial charge in [0.25, 0.3) is 5.91 Å². The fraction of sp³-hybridized carbons (Fsp3) is 0.429. The zero-order valence-corrected chi connectivity index (χ0v) is 17.3. The van der Waals surface area contributed by atoms with Gasteiger partial charge in [0, 0.05) is 18.6 Å². The van der Waals surface area contributed by atoms with E-state index in [1.807, 2.05) is 0 Å². The molecule has 0 unspecified atom stereocenters. The highest BCUT2D eigenvalue weighted by Crippen LogP contribution is 2.37. The number of rotatable bonds is 4. The third kappa shape index (κ3) is 4.00. The van der Waals surface area contributed by atoms with Gasteiger partial charge in [0.05, 0.1) is 36.7 Å². The van der Waals surface area contributed by atoms with Crippen LogP contribution in [-0.4, -0.2) is 74.2 Å². The molecule has 12 heteroatoms. The van der Waals surface area contributed by atoms with Crippen molar-refractivity contribution in [1.29, 1.82) is 0 Å². The zero-order valence-electron chi connectivity index (χ0n) is 17.3. The second kappa shape index (κ2) is 8.60. The van der Waals surface area contributed by atoms with Gasteiger partial charge in [0.15, 0.2) is 11.3 Å². The van der Waals surface area contributed by atoms with E-state index >= 15 is 0 Å². The van der Waals surface area contributed by atoms with Gasteiger partial charge in [0.1, 0.15) is 30.0 Å². The van der Waals surface area contributed by atoms with Gasteiger partial charge in [-0.05, 0) is 24.6 Å². The Bertz CT molecular complexity index is 1190. The monoisotopic (exact) mass is 462 g/mol. The van der Waals surface area contributed by atoms with Crippen LogP contribution in [0.4, 0.5) is 19.0 Å². The molecule has 0 bridgehead atoms. The summed E-state index contributed by atoms with van der Waals surface area (Å²) in [6, 6.07) is 1.43. The lowest BCUT2D eigenvalue weighted by Gasteiger charge is -2.29. The molecular weight excluding hydrogens is 441 g/mol. The van der Waals surface area contributed by atoms with Crippen molar-refractivity contribution in [1.82, 2.24) is 25.1 Å². The van der Waals surface area contributed by atoms with Crippen LogP contribution >= 0.6 is 0 Å². The number of aromatic amines is 1. The summed E-state index contributed by atoms with van der Waals surface area (Å²) < 4.78 is 48.0. The number of likely N-dealkylation sites (tertiary alicyclic amines) is 1. The molecule has 1 amide bonds. The van der Waals surface area contributed by atoms with Crippen molar-refractivity contribution in [3.05, 3.63) is 47.4 Å². The molecule has 4 heterocycles. The molecule has 4 atom stereocenters. The molecule has 3 N–H and O–H groups in total. The number of carbonyl (C=O) groups is 1. The zero-order chi connectivity index (χ0) is 23.1. The van der Waals surface area contributed by atoms with Gasteiger partial charge < -0.3 is 20.1 Å². The fourth-order valence-electron chi connectivity index (χ4n) is 4.37. The molecule has 33 heavy (non-hydrogen) atoms. The van der Waals surface area contributed by atoms with Crippen molar-refractivity contribution in [2.75, 3.05) is 25.1 Å². The van der Waals surface area contributed by atoms with E-state index in [0.717, 1.165) is 23.1 Å². The first-order valence-corrected chi connectivity index (χ1v) is 10.5. The number of hydrogen-bond acceptors (Lipinski definition) is 7. The van der Waals surface area contributed by atoms with E-state index in [9.17, 15) is 23.1 Å². The van der Waals surface area contributed by atoms with Crippen molar-refractivity contribution < 1.29 is 27.8 Å². The van der Waals surface area contributed by atoms with Gasteiger partial charge >= 0.3 is 0 Å². The average molecular weight is 462 g/mol. The number of amides is 1. The van der Waals surface area contributed by atoms with Gasteiger partial charge in [-0.2, -0.15) is 5.10 Å². The molecule has 2 aliphatic rings. The minimum atomic E-state index is -1.41. The highest BCUT2D eigenvalue weighted by molar-refractivity contribution is 6.07. The molecule has 0 aliphatic carbocycles. The first-order chi connectivity index (χ1) is 15.9. The van der Waals surface area contributed by atoms with Gasteiger partial charge in [-0.3, -0.25) is 9.89 Å². The van der Waals surface area contributed by atoms with E-state index in [1.165, 1.54) is 6.33 Å². The number of nitrogens with one attached hydrogen (secondary N) is 2. The van der Waals surface area contributed by atoms with Crippen molar-refractivity contribution in [3.63, 3.8) is 0 Å². The van der Waals surface area contributed by atoms with Crippen LogP contribution in [0.1, 0.15) is 34.9 Å². The minimum Gasteiger partial charge on any atom is -0.391 e. The van der Waals surface area contributed by atoms with E-state index in [-0.39, 0.29) is 47.7 Å². The summed E-state index contributed by atoms with van der Waals surface area (Å²) >= 11 is 0. The quantitative estimate of drug-likeness (QED) is 0.544. The normalized spacial score (nSPS) is 25.5. The number of benzene rings is 1. The summed E-state index contributed by atoms with van der Waals surface area (Å²) in [5.74, 6) is -1.83. The Morgan fingerprint density at radius 1 is 1.30 bits per heavy atom. The van der Waals surface area contributed by atoms with Crippen LogP contribution in [-0.2, 0) is 4.74 Å². The Morgan fingerprint density at radius 3 is 2.97 bits per heavy atom. The molecule has 0 radical (unpaired) electrons. The predicted molar refractivity (Wildman–Crippen MR) is 110 cm³/mol. The van der Waals surface area contributed by atoms with Crippen LogP contribution in [0, 0.1) is 11.6 Å². The number of alkyl halides is 1. The van der Waals surface area contributed by atoms with Crippen LogP contribution in [0.2, 0.25) is 0 Å². The molecule has 0 saturated carbocycles. The van der Waals surface area contributed by atoms with Crippen LogP contribution < -0.4 is 5.32 Å². The summed E-state index contributed by atoms with van der Waals surface area (Å²) in [5.41, 5.74) is 0.0715. The second-order valence-corrected chi connectivity index (χ2v) is 8.17. The summed E-state index contributed by atoms with van der Waals surface area (Å²) in [6.45, 7) is 0.384. The third-order valence-corrected chi connectivity index (χ3v) is 6.03. The molecule has 2 fully saturated rings. The number of fused-ring (bicyclic) bond motifs is 1. The Balaban J connectivity index is 1.51. The summed E-state index contributed by atoms with van der Waals surface area (Å²) in [5, 5.41) is 20.3. The molecule has 5 rings (SSSR count). The molecule has 3 aromatic rings. The number of nitrogens with zero attached hydrogens (tertiary/aromatic N) is 4. The van der Waals surface area contributed by atoms with E-state index in [2.05, 4.69) is 25.5 Å². The molecule has 2 aromatic heterocycles. The van der Waals surface area contributed by atoms with Gasteiger partial charge in [-0.1, -0.05) is 0 Å². The largest absolute Gasteiger partial charge is 0.391 e. The first-order valence-electron chi connectivity index (χ1n) is 10.5. The maximum Gasteiger partial charge on any atom is 0.275 e. The predicted octanol–water partition coefficient (Wildman–Crippen LogP) is 2.12. The smallest absolute Gasteiger partial charge is 0.275 e. The highest BCUT2D eigenvalue weighted by atomic mass is 19.1. The second-order valence-electron chi connectivity index (χ2n) is 8.17. The van der Waals surface area contributed by atoms with Gasteiger partial charge in [0.2, 0.25) is 0 Å². The third-order valence-electron chi connectivity index (χ3n) is 6.03. The molecule has 1 aromatic carbocycles. The molecule has 0 spiro atoms. The lowest BCUT2D eigenvalue weighted by atomic mass is 10.0. The lowest BCUT2D eigenvalue weighted by molar-refractivity contribution is 0.00308. The van der Waals surface area contributed by atoms with Crippen molar-refractivity contribution in [3.8, 4) is 0 Å². The van der Waals surface area contributed by atoms with Crippen molar-refractivity contribution in [2.24, 2.45) is 0 Å². The minimum absolute atomic E-state index is 0.0878. The molecule has 2 saturated heterocycles. The number of carbonyl (C=O) groups excluding carboxylic acids is 1. The summed E-state index contributed by atoms with van der Waals surface area (Å²) in [6.07, 6.45) is -0.542. The van der Waals surface area contributed by atoms with Crippen LogP contribution in [0.15, 0.2) is 24.5 Å². The Hall–Kier alpha value is -3.25. The summed E-state index contributed by atoms with van der Waals surface area (Å²) in [7, 11) is 0. The van der Waals surface area contributed by atoms with E-state index < -0.39 is 41.9 Å². The lowest BCUT2D eigenvalue weighted by Crippen LogP contribution is -2.42. The number of aliphatic hydroxyl groups excluding tert-OH is 1. The van der Waals surface area contributed by atoms with Crippen LogP contribution in [0.5, 0.6) is 0 Å². The molecule has 2 aliphatic heterocycles. The summed E-state index contributed by atoms with van der Waals surface area (Å²) in [4.78, 5) is 22.9. The molecule has 174 valence electrons. The maximum absolute atomic E-state index is 14.4. The number of aromatic nitrogens is 4. The van der Waals surface area contributed by atoms with Crippen molar-refractivity contribution in [2.45, 2.75) is 37.2 Å². The number of hydrogen-bond donors (Lipinski definition) is 3. The molecular formula is C21H21F3N6O3. The SMILES string of the molecule is O=C(c1n[nH]c2ncnc(N[C@@H]3COCC[C@H]3O)c12)N1C[C@@H](F)C[C@@H]1c1cc(F)ccc1F. The Kier molecular flexibility index (Phi) is 5.62. The van der Waals surface area contributed by atoms with E-state index in [1.54, 1.807) is 0 Å². The van der Waals surface area contributed by atoms with Gasteiger partial charge in [-0.25, -0.2) is 23.1 Å². The van der Waals surface area contributed by atoms with E-state index in [0.29, 0.717) is 13.0 Å². The number of ether oxygens (including phenoxy) is 1. The number of halogens is 3. The van der Waals surface area contributed by atoms with Crippen LogP contribution in [0.3, 0.4) is 0 Å².